The molecule has 0 aliphatic heterocycles. The van der Waals surface area contributed by atoms with Gasteiger partial charge >= 0.3 is 5.97 Å². The minimum Gasteiger partial charge on any atom is -0.492 e. The first-order valence-electron chi connectivity index (χ1n) is 7.84. The van der Waals surface area contributed by atoms with Gasteiger partial charge in [0.1, 0.15) is 0 Å². The van der Waals surface area contributed by atoms with E-state index >= 15 is 0 Å². The molecule has 132 valence electrons. The van der Waals surface area contributed by atoms with Crippen molar-refractivity contribution in [3.05, 3.63) is 83.9 Å². The van der Waals surface area contributed by atoms with Crippen LogP contribution in [0.2, 0.25) is 0 Å². The molecule has 0 saturated heterocycles. The Balaban J connectivity index is 1.74. The Bertz CT molecular complexity index is 912. The molecule has 0 bridgehead atoms. The SMILES string of the molecule is C=Cc1ccc(CSc2ccccc2C(=O)On2c(O)ccc2O)cc1. The molecular formula is C20H17NO4S. The van der Waals surface area contributed by atoms with Gasteiger partial charge in [0, 0.05) is 22.8 Å². The van der Waals surface area contributed by atoms with E-state index in [1.807, 2.05) is 36.4 Å². The summed E-state index contributed by atoms with van der Waals surface area (Å²) in [4.78, 5) is 18.3. The van der Waals surface area contributed by atoms with Crippen molar-refractivity contribution in [2.24, 2.45) is 0 Å². The van der Waals surface area contributed by atoms with Crippen molar-refractivity contribution in [2.45, 2.75) is 10.6 Å². The second-order valence-corrected chi connectivity index (χ2v) is 6.47. The van der Waals surface area contributed by atoms with Crippen LogP contribution in [-0.4, -0.2) is 20.9 Å². The molecule has 1 heterocycles. The largest absolute Gasteiger partial charge is 0.492 e. The van der Waals surface area contributed by atoms with E-state index in [4.69, 9.17) is 4.84 Å². The number of carbonyl (C=O) groups excluding carboxylic acids is 1. The summed E-state index contributed by atoms with van der Waals surface area (Å²) in [7, 11) is 0. The van der Waals surface area contributed by atoms with Crippen LogP contribution in [0.3, 0.4) is 0 Å². The molecule has 0 aliphatic carbocycles. The van der Waals surface area contributed by atoms with Crippen LogP contribution in [0.15, 0.2) is 72.1 Å². The summed E-state index contributed by atoms with van der Waals surface area (Å²) in [6.45, 7) is 3.73. The van der Waals surface area contributed by atoms with Crippen LogP contribution in [-0.2, 0) is 5.75 Å². The molecule has 0 atom stereocenters. The Hall–Kier alpha value is -3.12. The molecule has 0 fully saturated rings. The maximum absolute atomic E-state index is 12.4. The molecule has 3 rings (SSSR count). The van der Waals surface area contributed by atoms with Crippen LogP contribution in [0.25, 0.3) is 6.08 Å². The van der Waals surface area contributed by atoms with Crippen molar-refractivity contribution in [3.8, 4) is 11.8 Å². The molecule has 26 heavy (non-hydrogen) atoms. The van der Waals surface area contributed by atoms with Gasteiger partial charge in [-0.2, -0.15) is 0 Å². The summed E-state index contributed by atoms with van der Waals surface area (Å²) in [6, 6.07) is 17.5. The molecular weight excluding hydrogens is 350 g/mol. The van der Waals surface area contributed by atoms with E-state index < -0.39 is 5.97 Å². The van der Waals surface area contributed by atoms with Crippen molar-refractivity contribution in [1.82, 2.24) is 4.73 Å². The normalized spacial score (nSPS) is 10.5. The lowest BCUT2D eigenvalue weighted by atomic mass is 10.1. The number of hydrogen-bond donors (Lipinski definition) is 2. The van der Waals surface area contributed by atoms with Crippen LogP contribution >= 0.6 is 11.8 Å². The smallest absolute Gasteiger partial charge is 0.365 e. The van der Waals surface area contributed by atoms with Gasteiger partial charge in [0.2, 0.25) is 11.8 Å². The van der Waals surface area contributed by atoms with Crippen molar-refractivity contribution in [3.63, 3.8) is 0 Å². The summed E-state index contributed by atoms with van der Waals surface area (Å²) in [5.41, 5.74) is 2.52. The second-order valence-electron chi connectivity index (χ2n) is 5.45. The Morgan fingerprint density at radius 3 is 2.35 bits per heavy atom. The lowest BCUT2D eigenvalue weighted by Gasteiger charge is -2.10. The predicted octanol–water partition coefficient (Wildman–Crippen LogP) is 4.10. The number of thioether (sulfide) groups is 1. The van der Waals surface area contributed by atoms with Crippen LogP contribution in [0, 0.1) is 0 Å². The van der Waals surface area contributed by atoms with Gasteiger partial charge in [0.15, 0.2) is 0 Å². The van der Waals surface area contributed by atoms with Gasteiger partial charge in [0.25, 0.3) is 0 Å². The average Bonchev–Trinajstić information content (AvgIpc) is 2.99. The number of aromatic nitrogens is 1. The zero-order valence-electron chi connectivity index (χ0n) is 13.8. The molecule has 0 aliphatic rings. The van der Waals surface area contributed by atoms with Crippen LogP contribution in [0.5, 0.6) is 11.8 Å². The fraction of sp³-hybridized carbons (Fsp3) is 0.0500. The number of nitrogens with zero attached hydrogens (tertiary/aromatic N) is 1. The van der Waals surface area contributed by atoms with E-state index in [1.165, 1.54) is 23.9 Å². The summed E-state index contributed by atoms with van der Waals surface area (Å²) in [5, 5.41) is 19.2. The molecule has 2 N–H and O–H groups in total. The van der Waals surface area contributed by atoms with Gasteiger partial charge in [-0.05, 0) is 23.3 Å². The number of benzene rings is 2. The molecule has 0 saturated carbocycles. The van der Waals surface area contributed by atoms with Crippen molar-refractivity contribution < 1.29 is 19.8 Å². The highest BCUT2D eigenvalue weighted by molar-refractivity contribution is 7.98. The van der Waals surface area contributed by atoms with E-state index in [0.717, 1.165) is 16.0 Å². The maximum Gasteiger partial charge on any atom is 0.365 e. The molecule has 0 radical (unpaired) electrons. The van der Waals surface area contributed by atoms with E-state index in [2.05, 4.69) is 6.58 Å². The summed E-state index contributed by atoms with van der Waals surface area (Å²) in [6.07, 6.45) is 1.79. The standard InChI is InChI=1S/C20H17NO4S/c1-2-14-7-9-15(10-8-14)13-26-17-6-4-3-5-16(17)20(24)25-21-18(22)11-12-19(21)23/h2-12,22-23H,1,13H2. The summed E-state index contributed by atoms with van der Waals surface area (Å²) >= 11 is 1.50. The number of aromatic hydroxyl groups is 2. The monoisotopic (exact) mass is 367 g/mol. The fourth-order valence-electron chi connectivity index (χ4n) is 2.30. The molecule has 0 amide bonds. The van der Waals surface area contributed by atoms with E-state index in [-0.39, 0.29) is 11.8 Å². The molecule has 2 aromatic carbocycles. The molecule has 0 unspecified atom stereocenters. The Morgan fingerprint density at radius 2 is 1.69 bits per heavy atom. The van der Waals surface area contributed by atoms with E-state index in [9.17, 15) is 15.0 Å². The quantitative estimate of drug-likeness (QED) is 0.642. The molecule has 0 spiro atoms. The second kappa shape index (κ2) is 7.84. The van der Waals surface area contributed by atoms with Gasteiger partial charge in [0.05, 0.1) is 5.56 Å². The Labute approximate surface area is 155 Å². The van der Waals surface area contributed by atoms with Crippen LogP contribution in [0.4, 0.5) is 0 Å². The Morgan fingerprint density at radius 1 is 1.04 bits per heavy atom. The van der Waals surface area contributed by atoms with E-state index in [0.29, 0.717) is 16.0 Å². The van der Waals surface area contributed by atoms with Gasteiger partial charge in [-0.3, -0.25) is 0 Å². The predicted molar refractivity (Wildman–Crippen MR) is 101 cm³/mol. The number of carbonyl (C=O) groups is 1. The zero-order valence-corrected chi connectivity index (χ0v) is 14.6. The van der Waals surface area contributed by atoms with Crippen molar-refractivity contribution >= 4 is 23.8 Å². The lowest BCUT2D eigenvalue weighted by Crippen LogP contribution is -2.19. The number of hydrogen-bond acceptors (Lipinski definition) is 5. The van der Waals surface area contributed by atoms with Gasteiger partial charge in [-0.1, -0.05) is 49.1 Å². The summed E-state index contributed by atoms with van der Waals surface area (Å²) < 4.78 is 0.678. The molecule has 3 aromatic rings. The van der Waals surface area contributed by atoms with Gasteiger partial charge < -0.3 is 15.1 Å². The number of rotatable bonds is 6. The highest BCUT2D eigenvalue weighted by atomic mass is 32.2. The minimum atomic E-state index is -0.670. The molecule has 6 heteroatoms. The summed E-state index contributed by atoms with van der Waals surface area (Å²) in [5.74, 6) is -0.703. The fourth-order valence-corrected chi connectivity index (χ4v) is 3.30. The highest BCUT2D eigenvalue weighted by Gasteiger charge is 2.17. The highest BCUT2D eigenvalue weighted by Crippen LogP contribution is 2.27. The third-order valence-electron chi connectivity index (χ3n) is 3.69. The van der Waals surface area contributed by atoms with Crippen LogP contribution < -0.4 is 4.84 Å². The molecule has 1 aromatic heterocycles. The average molecular weight is 367 g/mol. The topological polar surface area (TPSA) is 71.7 Å². The van der Waals surface area contributed by atoms with Crippen molar-refractivity contribution in [2.75, 3.05) is 0 Å². The van der Waals surface area contributed by atoms with Gasteiger partial charge in [-0.25, -0.2) is 4.79 Å². The first kappa shape index (κ1) is 17.7. The van der Waals surface area contributed by atoms with Gasteiger partial charge in [-0.15, -0.1) is 16.5 Å². The third kappa shape index (κ3) is 3.92. The van der Waals surface area contributed by atoms with E-state index in [1.54, 1.807) is 18.2 Å². The lowest BCUT2D eigenvalue weighted by molar-refractivity contribution is 0.0378. The third-order valence-corrected chi connectivity index (χ3v) is 4.83. The zero-order chi connectivity index (χ0) is 18.5. The van der Waals surface area contributed by atoms with Crippen LogP contribution in [0.1, 0.15) is 21.5 Å². The first-order valence-corrected chi connectivity index (χ1v) is 8.82. The first-order chi connectivity index (χ1) is 12.6. The maximum atomic E-state index is 12.4. The Kier molecular flexibility index (Phi) is 5.34. The van der Waals surface area contributed by atoms with Crippen molar-refractivity contribution in [1.29, 1.82) is 0 Å². The molecule has 5 nitrogen and oxygen atoms in total. The minimum absolute atomic E-state index is 0.354.